The lowest BCUT2D eigenvalue weighted by Crippen LogP contribution is -2.36. The van der Waals surface area contributed by atoms with Crippen molar-refractivity contribution >= 4 is 18.5 Å². The molecule has 4 rings (SSSR count). The average molecular weight is 360 g/mol. The molecule has 132 valence electrons. The summed E-state index contributed by atoms with van der Waals surface area (Å²) >= 11 is 0. The number of hydrogen-bond donors (Lipinski definition) is 0. The molecule has 2 aromatic carbocycles. The first-order valence-corrected chi connectivity index (χ1v) is 10.9. The number of likely N-dealkylation sites (tertiary alicyclic amines) is 1. The highest BCUT2D eigenvalue weighted by atomic mass is 31.1. The molecular formula is C23H25N2P. The van der Waals surface area contributed by atoms with Crippen molar-refractivity contribution in [3.05, 3.63) is 90.8 Å². The van der Waals surface area contributed by atoms with Crippen LogP contribution < -0.4 is 10.6 Å². The molecule has 0 bridgehead atoms. The molecule has 0 N–H and O–H groups in total. The molecular weight excluding hydrogens is 335 g/mol. The fraction of sp³-hybridized carbons (Fsp3) is 0.261. The third-order valence-corrected chi connectivity index (χ3v) is 7.79. The van der Waals surface area contributed by atoms with E-state index in [4.69, 9.17) is 4.98 Å². The summed E-state index contributed by atoms with van der Waals surface area (Å²) in [6.07, 6.45) is 5.86. The molecule has 1 aliphatic rings. The Kier molecular flexibility index (Phi) is 5.74. The Morgan fingerprint density at radius 2 is 1.27 bits per heavy atom. The van der Waals surface area contributed by atoms with E-state index in [2.05, 4.69) is 77.7 Å². The first kappa shape index (κ1) is 17.4. The Bertz CT molecular complexity index is 747. The van der Waals surface area contributed by atoms with Gasteiger partial charge in [0, 0.05) is 6.20 Å². The van der Waals surface area contributed by atoms with Crippen LogP contribution in [0, 0.1) is 0 Å². The summed E-state index contributed by atoms with van der Waals surface area (Å²) in [6.45, 7) is 2.33. The van der Waals surface area contributed by atoms with Gasteiger partial charge in [-0.2, -0.15) is 0 Å². The minimum atomic E-state index is -0.550. The Labute approximate surface area is 157 Å². The zero-order chi connectivity index (χ0) is 17.6. The van der Waals surface area contributed by atoms with Gasteiger partial charge in [-0.3, -0.25) is 9.88 Å². The summed E-state index contributed by atoms with van der Waals surface area (Å²) in [5.74, 6) is 0.330. The number of hydrogen-bond acceptors (Lipinski definition) is 2. The molecule has 2 nitrogen and oxygen atoms in total. The van der Waals surface area contributed by atoms with Gasteiger partial charge in [0.25, 0.3) is 0 Å². The summed E-state index contributed by atoms with van der Waals surface area (Å²) in [7, 11) is -0.550. The summed E-state index contributed by atoms with van der Waals surface area (Å²) in [6, 6.07) is 28.4. The molecule has 1 aliphatic heterocycles. The van der Waals surface area contributed by atoms with Crippen LogP contribution in [-0.2, 0) is 0 Å². The number of aromatic nitrogens is 1. The average Bonchev–Trinajstić information content (AvgIpc) is 2.74. The Morgan fingerprint density at radius 3 is 1.81 bits per heavy atom. The third-order valence-electron chi connectivity index (χ3n) is 5.00. The van der Waals surface area contributed by atoms with Gasteiger partial charge < -0.3 is 0 Å². The highest BCUT2D eigenvalue weighted by Gasteiger charge is 2.32. The molecule has 26 heavy (non-hydrogen) atoms. The molecule has 0 spiro atoms. The number of rotatable bonds is 5. The molecule has 0 aliphatic carbocycles. The molecule has 1 aromatic heterocycles. The summed E-state index contributed by atoms with van der Waals surface area (Å²) in [5, 5.41) is 2.85. The van der Waals surface area contributed by atoms with Gasteiger partial charge in [-0.25, -0.2) is 0 Å². The zero-order valence-corrected chi connectivity index (χ0v) is 15.9. The minimum absolute atomic E-state index is 0.330. The summed E-state index contributed by atoms with van der Waals surface area (Å²) in [4.78, 5) is 7.48. The molecule has 0 radical (unpaired) electrons. The lowest BCUT2D eigenvalue weighted by Gasteiger charge is -2.39. The summed E-state index contributed by atoms with van der Waals surface area (Å²) < 4.78 is 0. The largest absolute Gasteiger partial charge is 0.291 e. The quantitative estimate of drug-likeness (QED) is 0.613. The van der Waals surface area contributed by atoms with Gasteiger partial charge in [-0.1, -0.05) is 73.2 Å². The Hall–Kier alpha value is -2.02. The monoisotopic (exact) mass is 360 g/mol. The van der Waals surface area contributed by atoms with E-state index in [1.54, 1.807) is 0 Å². The van der Waals surface area contributed by atoms with Crippen LogP contribution in [0.3, 0.4) is 0 Å². The van der Waals surface area contributed by atoms with Gasteiger partial charge in [0.1, 0.15) is 0 Å². The van der Waals surface area contributed by atoms with Crippen LogP contribution in [-0.4, -0.2) is 23.0 Å². The maximum absolute atomic E-state index is 4.80. The van der Waals surface area contributed by atoms with Crippen LogP contribution in [0.25, 0.3) is 0 Å². The van der Waals surface area contributed by atoms with E-state index in [0.717, 1.165) is 0 Å². The molecule has 1 unspecified atom stereocenters. The van der Waals surface area contributed by atoms with E-state index in [1.807, 2.05) is 12.3 Å². The smallest absolute Gasteiger partial charge is 0.0804 e. The van der Waals surface area contributed by atoms with Gasteiger partial charge in [0.2, 0.25) is 0 Å². The lowest BCUT2D eigenvalue weighted by atomic mass is 10.1. The highest BCUT2D eigenvalue weighted by molar-refractivity contribution is 7.73. The normalized spacial score (nSPS) is 16.5. The molecule has 2 heterocycles. The van der Waals surface area contributed by atoms with E-state index < -0.39 is 7.92 Å². The van der Waals surface area contributed by atoms with Crippen molar-refractivity contribution in [2.24, 2.45) is 0 Å². The van der Waals surface area contributed by atoms with Crippen molar-refractivity contribution in [3.63, 3.8) is 0 Å². The number of piperidine rings is 1. The maximum Gasteiger partial charge on any atom is 0.0804 e. The van der Waals surface area contributed by atoms with Crippen molar-refractivity contribution in [1.82, 2.24) is 9.88 Å². The van der Waals surface area contributed by atoms with Crippen molar-refractivity contribution in [1.29, 1.82) is 0 Å². The van der Waals surface area contributed by atoms with Crippen LogP contribution in [0.1, 0.15) is 30.7 Å². The minimum Gasteiger partial charge on any atom is -0.291 e. The van der Waals surface area contributed by atoms with Crippen molar-refractivity contribution in [2.75, 3.05) is 13.1 Å². The topological polar surface area (TPSA) is 16.1 Å². The van der Waals surface area contributed by atoms with E-state index in [9.17, 15) is 0 Å². The second kappa shape index (κ2) is 8.58. The van der Waals surface area contributed by atoms with E-state index in [-0.39, 0.29) is 0 Å². The Morgan fingerprint density at radius 1 is 0.692 bits per heavy atom. The lowest BCUT2D eigenvalue weighted by molar-refractivity contribution is 0.210. The predicted octanol–water partition coefficient (Wildman–Crippen LogP) is 4.70. The van der Waals surface area contributed by atoms with Gasteiger partial charge in [0.05, 0.1) is 11.5 Å². The second-order valence-corrected chi connectivity index (χ2v) is 9.03. The van der Waals surface area contributed by atoms with Crippen molar-refractivity contribution in [3.8, 4) is 0 Å². The molecule has 1 atom stereocenters. The van der Waals surface area contributed by atoms with Gasteiger partial charge in [0.15, 0.2) is 0 Å². The van der Waals surface area contributed by atoms with Gasteiger partial charge in [-0.05, 0) is 56.6 Å². The van der Waals surface area contributed by atoms with E-state index >= 15 is 0 Å². The summed E-state index contributed by atoms with van der Waals surface area (Å²) in [5.41, 5.74) is 1.20. The first-order valence-electron chi connectivity index (χ1n) is 9.48. The first-order chi connectivity index (χ1) is 12.9. The molecule has 0 amide bonds. The standard InChI is InChI=1S/C23H25N2P/c1-4-12-20(13-5-1)26(21-14-6-2-7-15-21)23(22-16-8-9-17-24-22)25-18-10-3-11-19-25/h1-2,4-9,12-17,23H,3,10-11,18-19H2. The molecule has 3 aromatic rings. The number of benzene rings is 2. The molecule has 1 fully saturated rings. The fourth-order valence-corrected chi connectivity index (χ4v) is 6.61. The highest BCUT2D eigenvalue weighted by Crippen LogP contribution is 2.51. The third kappa shape index (κ3) is 3.87. The van der Waals surface area contributed by atoms with E-state index in [1.165, 1.54) is 48.7 Å². The maximum atomic E-state index is 4.80. The molecule has 1 saturated heterocycles. The van der Waals surface area contributed by atoms with Crippen LogP contribution in [0.4, 0.5) is 0 Å². The SMILES string of the molecule is c1ccc(P(c2ccccc2)C(c2ccccn2)N2CCCCC2)cc1. The van der Waals surface area contributed by atoms with Crippen molar-refractivity contribution in [2.45, 2.75) is 25.0 Å². The number of nitrogens with zero attached hydrogens (tertiary/aromatic N) is 2. The molecule has 0 saturated carbocycles. The number of pyridine rings is 1. The van der Waals surface area contributed by atoms with Crippen LogP contribution in [0.15, 0.2) is 85.1 Å². The van der Waals surface area contributed by atoms with Crippen molar-refractivity contribution < 1.29 is 0 Å². The van der Waals surface area contributed by atoms with E-state index in [0.29, 0.717) is 5.78 Å². The predicted molar refractivity (Wildman–Crippen MR) is 111 cm³/mol. The van der Waals surface area contributed by atoms with Crippen LogP contribution in [0.5, 0.6) is 0 Å². The fourth-order valence-electron chi connectivity index (χ4n) is 3.78. The Balaban J connectivity index is 1.83. The zero-order valence-electron chi connectivity index (χ0n) is 15.0. The van der Waals surface area contributed by atoms with Crippen LogP contribution in [0.2, 0.25) is 0 Å². The second-order valence-electron chi connectivity index (χ2n) is 6.77. The molecule has 3 heteroatoms. The van der Waals surface area contributed by atoms with Gasteiger partial charge in [-0.15, -0.1) is 0 Å². The van der Waals surface area contributed by atoms with Gasteiger partial charge >= 0.3 is 0 Å². The van der Waals surface area contributed by atoms with Crippen LogP contribution >= 0.6 is 7.92 Å².